The zero-order valence-electron chi connectivity index (χ0n) is 5.25. The largest absolute Gasteiger partial charge is 0.302 e. The van der Waals surface area contributed by atoms with Crippen molar-refractivity contribution in [2.45, 2.75) is 4.90 Å². The van der Waals surface area contributed by atoms with Gasteiger partial charge in [-0.2, -0.15) is 0 Å². The molecule has 60 valence electrons. The van der Waals surface area contributed by atoms with Gasteiger partial charge >= 0.3 is 0 Å². The van der Waals surface area contributed by atoms with E-state index < -0.39 is 16.9 Å². The Morgan fingerprint density at radius 2 is 2.18 bits per heavy atom. The van der Waals surface area contributed by atoms with Crippen LogP contribution in [0.2, 0.25) is 5.02 Å². The second-order valence-electron chi connectivity index (χ2n) is 1.82. The lowest BCUT2D eigenvalue weighted by Crippen LogP contribution is -1.92. The zero-order valence-corrected chi connectivity index (χ0v) is 6.82. The first-order chi connectivity index (χ1) is 5.11. The summed E-state index contributed by atoms with van der Waals surface area (Å²) in [5.74, 6) is -0.727. The van der Waals surface area contributed by atoms with E-state index in [1.54, 1.807) is 0 Å². The van der Waals surface area contributed by atoms with E-state index in [0.29, 0.717) is 0 Å². The minimum absolute atomic E-state index is 0.240. The fourth-order valence-electron chi connectivity index (χ4n) is 0.611. The lowest BCUT2D eigenvalue weighted by atomic mass is 10.3. The van der Waals surface area contributed by atoms with Crippen LogP contribution in [0.1, 0.15) is 0 Å². The first-order valence-electron chi connectivity index (χ1n) is 2.67. The number of halogens is 2. The molecule has 0 heterocycles. The Kier molecular flexibility index (Phi) is 2.59. The number of hydrogen-bond acceptors (Lipinski definition) is 1. The third kappa shape index (κ3) is 1.99. The lowest BCUT2D eigenvalue weighted by Gasteiger charge is -1.96. The standard InChI is InChI=1S/C6H4ClFO2S/c7-4-1-2-5(8)6(3-4)11(9)10/h1-3H,(H,9,10). The third-order valence-corrected chi connectivity index (χ3v) is 2.01. The average molecular weight is 195 g/mol. The normalized spacial score (nSPS) is 13.0. The summed E-state index contributed by atoms with van der Waals surface area (Å²) in [5.41, 5.74) is 0. The number of benzene rings is 1. The summed E-state index contributed by atoms with van der Waals surface area (Å²) in [6.45, 7) is 0. The molecular weight excluding hydrogens is 191 g/mol. The van der Waals surface area contributed by atoms with Crippen LogP contribution < -0.4 is 0 Å². The van der Waals surface area contributed by atoms with Gasteiger partial charge in [-0.05, 0) is 18.2 Å². The Labute approximate surface area is 70.3 Å². The number of rotatable bonds is 1. The molecule has 0 aliphatic carbocycles. The minimum atomic E-state index is -2.31. The fraction of sp³-hybridized carbons (Fsp3) is 0. The Bertz CT molecular complexity index is 303. The van der Waals surface area contributed by atoms with Gasteiger partial charge in [0.25, 0.3) is 0 Å². The topological polar surface area (TPSA) is 37.3 Å². The van der Waals surface area contributed by atoms with Crippen LogP contribution >= 0.6 is 11.6 Å². The summed E-state index contributed by atoms with van der Waals surface area (Å²) in [7, 11) is 0. The molecule has 0 spiro atoms. The van der Waals surface area contributed by atoms with Gasteiger partial charge in [0.1, 0.15) is 10.7 Å². The van der Waals surface area contributed by atoms with E-state index in [-0.39, 0.29) is 9.92 Å². The molecule has 2 nitrogen and oxygen atoms in total. The van der Waals surface area contributed by atoms with Gasteiger partial charge in [0, 0.05) is 5.02 Å². The van der Waals surface area contributed by atoms with Gasteiger partial charge in [0.05, 0.1) is 0 Å². The molecule has 0 aliphatic heterocycles. The van der Waals surface area contributed by atoms with Crippen molar-refractivity contribution in [3.05, 3.63) is 29.0 Å². The molecule has 0 saturated heterocycles. The Hall–Kier alpha value is -0.450. The highest BCUT2D eigenvalue weighted by Gasteiger charge is 2.07. The Morgan fingerprint density at radius 1 is 1.55 bits per heavy atom. The molecule has 1 unspecified atom stereocenters. The molecule has 5 heteroatoms. The predicted octanol–water partition coefficient (Wildman–Crippen LogP) is 2.06. The van der Waals surface area contributed by atoms with Crippen molar-refractivity contribution in [1.82, 2.24) is 0 Å². The molecule has 0 aliphatic rings. The van der Waals surface area contributed by atoms with Crippen LogP contribution in [0.3, 0.4) is 0 Å². The maximum atomic E-state index is 12.6. The van der Waals surface area contributed by atoms with Gasteiger partial charge in [-0.15, -0.1) is 0 Å². The average Bonchev–Trinajstić information content (AvgIpc) is 1.94. The molecule has 1 rings (SSSR count). The molecule has 0 aromatic heterocycles. The van der Waals surface area contributed by atoms with E-state index >= 15 is 0 Å². The lowest BCUT2D eigenvalue weighted by molar-refractivity contribution is 0.544. The molecule has 0 amide bonds. The first-order valence-corrected chi connectivity index (χ1v) is 4.15. The van der Waals surface area contributed by atoms with Crippen molar-refractivity contribution in [3.63, 3.8) is 0 Å². The number of hydrogen-bond donors (Lipinski definition) is 1. The molecule has 1 aromatic rings. The molecule has 1 N–H and O–H groups in total. The van der Waals surface area contributed by atoms with Gasteiger partial charge in [-0.3, -0.25) is 0 Å². The van der Waals surface area contributed by atoms with Crippen LogP contribution in [0, 0.1) is 5.82 Å². The van der Waals surface area contributed by atoms with Crippen molar-refractivity contribution in [2.24, 2.45) is 0 Å². The van der Waals surface area contributed by atoms with Crippen LogP contribution in [0.5, 0.6) is 0 Å². The second kappa shape index (κ2) is 3.30. The highest BCUT2D eigenvalue weighted by Crippen LogP contribution is 2.16. The SMILES string of the molecule is O=S(O)c1cc(Cl)ccc1F. The van der Waals surface area contributed by atoms with Gasteiger partial charge in [-0.25, -0.2) is 8.60 Å². The van der Waals surface area contributed by atoms with Gasteiger partial charge in [0.15, 0.2) is 11.1 Å². The van der Waals surface area contributed by atoms with Crippen molar-refractivity contribution in [2.75, 3.05) is 0 Å². The summed E-state index contributed by atoms with van der Waals surface area (Å²) >= 11 is 3.14. The van der Waals surface area contributed by atoms with Crippen molar-refractivity contribution < 1.29 is 13.2 Å². The van der Waals surface area contributed by atoms with Gasteiger partial charge in [-0.1, -0.05) is 11.6 Å². The van der Waals surface area contributed by atoms with Crippen LogP contribution in [0.4, 0.5) is 4.39 Å². The Morgan fingerprint density at radius 3 is 2.64 bits per heavy atom. The maximum Gasteiger partial charge on any atom is 0.189 e. The van der Waals surface area contributed by atoms with Crippen molar-refractivity contribution >= 4 is 22.7 Å². The summed E-state index contributed by atoms with van der Waals surface area (Å²) in [6, 6.07) is 3.48. The van der Waals surface area contributed by atoms with Crippen LogP contribution in [0.25, 0.3) is 0 Å². The van der Waals surface area contributed by atoms with Crippen molar-refractivity contribution in [3.8, 4) is 0 Å². The van der Waals surface area contributed by atoms with E-state index in [2.05, 4.69) is 0 Å². The van der Waals surface area contributed by atoms with E-state index in [1.807, 2.05) is 0 Å². The smallest absolute Gasteiger partial charge is 0.189 e. The van der Waals surface area contributed by atoms with Crippen LogP contribution in [-0.2, 0) is 11.1 Å². The molecule has 1 aromatic carbocycles. The second-order valence-corrected chi connectivity index (χ2v) is 3.20. The van der Waals surface area contributed by atoms with Gasteiger partial charge in [0.2, 0.25) is 0 Å². The summed E-state index contributed by atoms with van der Waals surface area (Å²) in [5, 5.41) is 0.240. The highest BCUT2D eigenvalue weighted by molar-refractivity contribution is 7.79. The predicted molar refractivity (Wildman–Crippen MR) is 40.4 cm³/mol. The molecule has 0 radical (unpaired) electrons. The fourth-order valence-corrected chi connectivity index (χ4v) is 1.31. The van der Waals surface area contributed by atoms with E-state index in [9.17, 15) is 8.60 Å². The Balaban J connectivity index is 3.23. The third-order valence-electron chi connectivity index (χ3n) is 1.08. The van der Waals surface area contributed by atoms with Crippen molar-refractivity contribution in [1.29, 1.82) is 0 Å². The maximum absolute atomic E-state index is 12.6. The van der Waals surface area contributed by atoms with Crippen LogP contribution in [0.15, 0.2) is 23.1 Å². The summed E-state index contributed by atoms with van der Waals surface area (Å²) < 4.78 is 31.5. The molecule has 11 heavy (non-hydrogen) atoms. The zero-order chi connectivity index (χ0) is 8.43. The van der Waals surface area contributed by atoms with E-state index in [1.165, 1.54) is 6.07 Å². The monoisotopic (exact) mass is 194 g/mol. The highest BCUT2D eigenvalue weighted by atomic mass is 35.5. The minimum Gasteiger partial charge on any atom is -0.302 e. The van der Waals surface area contributed by atoms with E-state index in [0.717, 1.165) is 12.1 Å². The molecular formula is C6H4ClFO2S. The van der Waals surface area contributed by atoms with Crippen LogP contribution in [-0.4, -0.2) is 8.76 Å². The quantitative estimate of drug-likeness (QED) is 0.695. The first kappa shape index (κ1) is 8.64. The molecule has 0 bridgehead atoms. The molecule has 0 fully saturated rings. The summed E-state index contributed by atoms with van der Waals surface area (Å²) in [6.07, 6.45) is 0. The molecule has 1 atom stereocenters. The van der Waals surface area contributed by atoms with E-state index in [4.69, 9.17) is 16.2 Å². The van der Waals surface area contributed by atoms with Gasteiger partial charge < -0.3 is 4.55 Å². The summed E-state index contributed by atoms with van der Waals surface area (Å²) in [4.78, 5) is -0.294. The molecule has 0 saturated carbocycles.